The predicted octanol–water partition coefficient (Wildman–Crippen LogP) is 0.934. The Morgan fingerprint density at radius 3 is 2.23 bits per heavy atom. The molecule has 0 heterocycles. The summed E-state index contributed by atoms with van der Waals surface area (Å²) in [5.41, 5.74) is 0.971. The summed E-state index contributed by atoms with van der Waals surface area (Å²) in [5, 5.41) is 3.74. The second-order valence-electron chi connectivity index (χ2n) is 5.05. The molecule has 0 amide bonds. The van der Waals surface area contributed by atoms with Crippen LogP contribution in [0.25, 0.3) is 27.1 Å². The molecule has 0 fully saturated rings. The summed E-state index contributed by atoms with van der Waals surface area (Å²) in [6.07, 6.45) is 0. The van der Waals surface area contributed by atoms with Crippen LogP contribution in [0.15, 0.2) is 60.0 Å². The van der Waals surface area contributed by atoms with Crippen LogP contribution in [0.5, 0.6) is 0 Å². The minimum absolute atomic E-state index is 0. The van der Waals surface area contributed by atoms with E-state index in [0.29, 0.717) is 11.1 Å². The van der Waals surface area contributed by atoms with Gasteiger partial charge in [0.05, 0.1) is 4.90 Å². The van der Waals surface area contributed by atoms with Crippen LogP contribution < -0.4 is 58.2 Å². The smallest absolute Gasteiger partial charge is 0.744 e. The Labute approximate surface area is 178 Å². The molecule has 0 atom stereocenters. The first-order valence-electron chi connectivity index (χ1n) is 6.46. The Hall–Kier alpha value is -0.365. The van der Waals surface area contributed by atoms with Crippen LogP contribution in [-0.2, 0) is 10.1 Å². The monoisotopic (exact) mass is 382 g/mol. The first-order chi connectivity index (χ1) is 9.89. The summed E-state index contributed by atoms with van der Waals surface area (Å²) in [6, 6.07) is 14.7. The van der Waals surface area contributed by atoms with Crippen molar-refractivity contribution in [1.29, 1.82) is 0 Å². The Kier molecular flexibility index (Phi) is 5.42. The maximum absolute atomic E-state index is 11.5. The van der Waals surface area contributed by atoms with Gasteiger partial charge in [0.25, 0.3) is 0 Å². The molecular weight excluding hydrogens is 370 g/mol. The molecular formula is C17H13O3RbS. The standard InChI is InChI=1S/C17H14O3S.Rb/c1-11(2)17-15-8-7-12-5-3-4-6-13(12)14(15)9-10-16(17)21(18,19)20;/h3-10H,1H2,2H3,(H,18,19,20);/q;+1/p-1. The van der Waals surface area contributed by atoms with Gasteiger partial charge in [0.1, 0.15) is 10.1 Å². The molecule has 3 aromatic carbocycles. The Morgan fingerprint density at radius 1 is 0.955 bits per heavy atom. The van der Waals surface area contributed by atoms with E-state index in [4.69, 9.17) is 0 Å². The molecule has 22 heavy (non-hydrogen) atoms. The quantitative estimate of drug-likeness (QED) is 0.489. The molecule has 0 radical (unpaired) electrons. The van der Waals surface area contributed by atoms with Gasteiger partial charge in [-0.25, -0.2) is 8.42 Å². The molecule has 0 saturated carbocycles. The zero-order chi connectivity index (χ0) is 15.2. The van der Waals surface area contributed by atoms with Gasteiger partial charge in [-0.05, 0) is 40.1 Å². The van der Waals surface area contributed by atoms with Crippen molar-refractivity contribution in [1.82, 2.24) is 0 Å². The van der Waals surface area contributed by atoms with Crippen molar-refractivity contribution >= 4 is 37.2 Å². The molecule has 3 rings (SSSR count). The van der Waals surface area contributed by atoms with E-state index in [2.05, 4.69) is 6.58 Å². The van der Waals surface area contributed by atoms with Gasteiger partial charge >= 0.3 is 58.2 Å². The summed E-state index contributed by atoms with van der Waals surface area (Å²) in [7, 11) is -4.53. The molecule has 0 bridgehead atoms. The van der Waals surface area contributed by atoms with E-state index < -0.39 is 10.1 Å². The number of hydrogen-bond acceptors (Lipinski definition) is 3. The number of allylic oxidation sites excluding steroid dienone is 1. The number of hydrogen-bond donors (Lipinski definition) is 0. The van der Waals surface area contributed by atoms with Crippen LogP contribution in [0.1, 0.15) is 12.5 Å². The third kappa shape index (κ3) is 3.14. The molecule has 0 saturated heterocycles. The SMILES string of the molecule is C=C(C)c1c(S(=O)(=O)[O-])ccc2c1ccc1ccccc12.[Rb+]. The molecule has 0 aliphatic rings. The minimum Gasteiger partial charge on any atom is -0.744 e. The molecule has 0 aromatic heterocycles. The van der Waals surface area contributed by atoms with Crippen LogP contribution in [0.3, 0.4) is 0 Å². The predicted molar refractivity (Wildman–Crippen MR) is 84.1 cm³/mol. The van der Waals surface area contributed by atoms with Crippen molar-refractivity contribution < 1.29 is 71.2 Å². The first kappa shape index (κ1) is 18.0. The van der Waals surface area contributed by atoms with Crippen LogP contribution in [-0.4, -0.2) is 13.0 Å². The largest absolute Gasteiger partial charge is 1.00 e. The van der Waals surface area contributed by atoms with Crippen molar-refractivity contribution in [3.05, 3.63) is 60.7 Å². The molecule has 0 spiro atoms. The molecule has 5 heteroatoms. The summed E-state index contributed by atoms with van der Waals surface area (Å²) in [5.74, 6) is 0. The maximum atomic E-state index is 11.5. The van der Waals surface area contributed by atoms with Crippen LogP contribution in [0, 0.1) is 0 Å². The van der Waals surface area contributed by atoms with Crippen LogP contribution in [0.2, 0.25) is 0 Å². The van der Waals surface area contributed by atoms with Crippen LogP contribution >= 0.6 is 0 Å². The van der Waals surface area contributed by atoms with Crippen molar-refractivity contribution in [3.8, 4) is 0 Å². The molecule has 0 aliphatic carbocycles. The molecule has 0 N–H and O–H groups in total. The Morgan fingerprint density at radius 2 is 1.59 bits per heavy atom. The number of fused-ring (bicyclic) bond motifs is 3. The topological polar surface area (TPSA) is 57.2 Å². The minimum atomic E-state index is -4.53. The number of rotatable bonds is 2. The van der Waals surface area contributed by atoms with E-state index >= 15 is 0 Å². The second kappa shape index (κ2) is 6.63. The molecule has 0 aliphatic heterocycles. The van der Waals surface area contributed by atoms with Gasteiger partial charge in [0.2, 0.25) is 0 Å². The van der Waals surface area contributed by atoms with Gasteiger partial charge in [0, 0.05) is 5.56 Å². The fraction of sp³-hybridized carbons (Fsp3) is 0.0588. The van der Waals surface area contributed by atoms with Gasteiger partial charge in [-0.1, -0.05) is 49.0 Å². The van der Waals surface area contributed by atoms with E-state index in [1.165, 1.54) is 6.07 Å². The fourth-order valence-corrected chi connectivity index (χ4v) is 3.49. The van der Waals surface area contributed by atoms with Crippen molar-refractivity contribution in [2.45, 2.75) is 11.8 Å². The van der Waals surface area contributed by atoms with E-state index in [0.717, 1.165) is 21.5 Å². The van der Waals surface area contributed by atoms with Gasteiger partial charge in [-0.15, -0.1) is 0 Å². The average molecular weight is 383 g/mol. The summed E-state index contributed by atoms with van der Waals surface area (Å²) >= 11 is 0. The Bertz CT molecular complexity index is 991. The third-order valence-corrected chi connectivity index (χ3v) is 4.46. The van der Waals surface area contributed by atoms with Crippen molar-refractivity contribution in [2.75, 3.05) is 0 Å². The zero-order valence-electron chi connectivity index (χ0n) is 12.5. The first-order valence-corrected chi connectivity index (χ1v) is 7.86. The average Bonchev–Trinajstić information content (AvgIpc) is 2.44. The van der Waals surface area contributed by atoms with Crippen LogP contribution in [0.4, 0.5) is 0 Å². The van der Waals surface area contributed by atoms with Crippen molar-refractivity contribution in [2.24, 2.45) is 0 Å². The summed E-state index contributed by atoms with van der Waals surface area (Å²) in [6.45, 7) is 5.53. The van der Waals surface area contributed by atoms with Gasteiger partial charge in [0.15, 0.2) is 0 Å². The molecule has 3 nitrogen and oxygen atoms in total. The molecule has 0 unspecified atom stereocenters. The van der Waals surface area contributed by atoms with E-state index in [-0.39, 0.29) is 63.1 Å². The molecule has 3 aromatic rings. The third-order valence-electron chi connectivity index (χ3n) is 3.58. The normalized spacial score (nSPS) is 11.4. The van der Waals surface area contributed by atoms with Gasteiger partial charge < -0.3 is 4.55 Å². The molecule has 106 valence electrons. The van der Waals surface area contributed by atoms with Gasteiger partial charge in [-0.3, -0.25) is 0 Å². The van der Waals surface area contributed by atoms with Gasteiger partial charge in [-0.2, -0.15) is 0 Å². The fourth-order valence-electron chi connectivity index (χ4n) is 2.72. The number of benzene rings is 3. The zero-order valence-corrected chi connectivity index (χ0v) is 18.2. The summed E-state index contributed by atoms with van der Waals surface area (Å²) in [4.78, 5) is -0.210. The summed E-state index contributed by atoms with van der Waals surface area (Å²) < 4.78 is 34.4. The maximum Gasteiger partial charge on any atom is 1.00 e. The Balaban J connectivity index is 0.00000176. The van der Waals surface area contributed by atoms with E-state index in [9.17, 15) is 13.0 Å². The van der Waals surface area contributed by atoms with E-state index in [1.54, 1.807) is 13.0 Å². The van der Waals surface area contributed by atoms with E-state index in [1.807, 2.05) is 36.4 Å². The van der Waals surface area contributed by atoms with Crippen molar-refractivity contribution in [3.63, 3.8) is 0 Å². The second-order valence-corrected chi connectivity index (χ2v) is 6.40.